The highest BCUT2D eigenvalue weighted by Gasteiger charge is 2.31. The zero-order chi connectivity index (χ0) is 28.9. The van der Waals surface area contributed by atoms with Gasteiger partial charge in [-0.2, -0.15) is 4.73 Å². The summed E-state index contributed by atoms with van der Waals surface area (Å²) in [7, 11) is 4.47. The van der Waals surface area contributed by atoms with E-state index in [0.29, 0.717) is 11.5 Å². The van der Waals surface area contributed by atoms with Gasteiger partial charge in [-0.15, -0.1) is 0 Å². The number of methoxy groups -OCH3 is 3. The molecule has 0 bridgehead atoms. The van der Waals surface area contributed by atoms with Gasteiger partial charge in [-0.05, 0) is 62.1 Å². The summed E-state index contributed by atoms with van der Waals surface area (Å²) >= 11 is 0. The number of carbonyl (C=O) groups is 2. The number of benzene rings is 2. The Hall–Kier alpha value is -4.47. The number of aromatic nitrogens is 1. The van der Waals surface area contributed by atoms with Crippen molar-refractivity contribution in [3.63, 3.8) is 0 Å². The van der Waals surface area contributed by atoms with Gasteiger partial charge >= 0.3 is 17.6 Å². The normalized spacial score (nSPS) is 12.4. The van der Waals surface area contributed by atoms with Crippen LogP contribution < -0.4 is 24.3 Å². The molecule has 1 aromatic heterocycles. The fourth-order valence-electron chi connectivity index (χ4n) is 4.35. The molecule has 1 amide bonds. The maximum absolute atomic E-state index is 13.1. The van der Waals surface area contributed by atoms with Gasteiger partial charge in [0.2, 0.25) is 5.75 Å². The van der Waals surface area contributed by atoms with E-state index >= 15 is 0 Å². The van der Waals surface area contributed by atoms with Crippen LogP contribution in [0.1, 0.15) is 52.5 Å². The fraction of sp³-hybridized carbons (Fsp3) is 0.345. The van der Waals surface area contributed by atoms with Gasteiger partial charge in [0.05, 0.1) is 21.3 Å². The van der Waals surface area contributed by atoms with E-state index in [1.165, 1.54) is 20.1 Å². The van der Waals surface area contributed by atoms with Crippen molar-refractivity contribution < 1.29 is 38.4 Å². The third kappa shape index (κ3) is 6.34. The molecule has 39 heavy (non-hydrogen) atoms. The molecule has 3 aromatic rings. The van der Waals surface area contributed by atoms with Gasteiger partial charge in [0.25, 0.3) is 0 Å². The number of aromatic hydroxyl groups is 1. The van der Waals surface area contributed by atoms with Crippen LogP contribution in [0, 0.1) is 19.1 Å². The summed E-state index contributed by atoms with van der Waals surface area (Å²) in [6.45, 7) is 7.06. The zero-order valence-electron chi connectivity index (χ0n) is 23.1. The molecule has 208 valence electrons. The predicted molar refractivity (Wildman–Crippen MR) is 143 cm³/mol. The Morgan fingerprint density at radius 1 is 0.872 bits per heavy atom. The first-order valence-corrected chi connectivity index (χ1v) is 12.3. The van der Waals surface area contributed by atoms with E-state index in [2.05, 4.69) is 5.32 Å². The van der Waals surface area contributed by atoms with Crippen LogP contribution in [0.5, 0.6) is 23.0 Å². The molecule has 0 aliphatic heterocycles. The van der Waals surface area contributed by atoms with E-state index in [1.807, 2.05) is 50.2 Å². The largest absolute Gasteiger partial charge is 0.618 e. The molecular formula is C29H34N2O8. The van der Waals surface area contributed by atoms with E-state index in [1.54, 1.807) is 21.1 Å². The Morgan fingerprint density at radius 2 is 1.38 bits per heavy atom. The van der Waals surface area contributed by atoms with Gasteiger partial charge in [-0.25, -0.2) is 4.79 Å². The highest BCUT2D eigenvalue weighted by molar-refractivity contribution is 5.96. The van der Waals surface area contributed by atoms with E-state index in [4.69, 9.17) is 18.9 Å². The number of pyridine rings is 1. The predicted octanol–water partition coefficient (Wildman–Crippen LogP) is 3.55. The molecule has 0 radical (unpaired) electrons. The van der Waals surface area contributed by atoms with Gasteiger partial charge in [0.1, 0.15) is 23.6 Å². The maximum atomic E-state index is 13.1. The molecule has 0 spiro atoms. The van der Waals surface area contributed by atoms with Crippen molar-refractivity contribution >= 4 is 11.9 Å². The number of nitrogens with zero attached hydrogens (tertiary/aromatic N) is 1. The summed E-state index contributed by atoms with van der Waals surface area (Å²) in [5, 5.41) is 24.8. The quantitative estimate of drug-likeness (QED) is 0.228. The van der Waals surface area contributed by atoms with Crippen LogP contribution in [0.2, 0.25) is 0 Å². The van der Waals surface area contributed by atoms with Crippen molar-refractivity contribution in [1.82, 2.24) is 5.32 Å². The molecule has 0 unspecified atom stereocenters. The van der Waals surface area contributed by atoms with Crippen molar-refractivity contribution in [1.29, 1.82) is 0 Å². The minimum atomic E-state index is -1.13. The molecule has 0 fully saturated rings. The topological polar surface area (TPSA) is 130 Å². The van der Waals surface area contributed by atoms with Crippen molar-refractivity contribution in [2.75, 3.05) is 21.3 Å². The van der Waals surface area contributed by atoms with Crippen LogP contribution in [0.4, 0.5) is 0 Å². The first-order valence-electron chi connectivity index (χ1n) is 12.3. The average molecular weight is 539 g/mol. The number of ether oxygens (including phenoxy) is 4. The van der Waals surface area contributed by atoms with Crippen molar-refractivity contribution in [3.05, 3.63) is 81.8 Å². The smallest absolute Gasteiger partial charge is 0.328 e. The summed E-state index contributed by atoms with van der Waals surface area (Å²) in [5.41, 5.74) is 3.03. The van der Waals surface area contributed by atoms with Gasteiger partial charge in [0, 0.05) is 12.0 Å². The molecule has 2 N–H and O–H groups in total. The molecule has 10 heteroatoms. The van der Waals surface area contributed by atoms with Crippen LogP contribution >= 0.6 is 0 Å². The summed E-state index contributed by atoms with van der Waals surface area (Å²) in [4.78, 5) is 25.8. The molecule has 2 atom stereocenters. The lowest BCUT2D eigenvalue weighted by molar-refractivity contribution is -0.608. The SMILES string of the molecule is COc1cc(C(c2ccc(C)c(OC)c2)[C@H](C)OC(=O)[C@H](C)NC(=O)c2c(O)c(OC)cc[n+]2[O-])ccc1C. The molecule has 10 nitrogen and oxygen atoms in total. The third-order valence-electron chi connectivity index (χ3n) is 6.53. The van der Waals surface area contributed by atoms with E-state index in [0.717, 1.165) is 28.5 Å². The Bertz CT molecular complexity index is 1300. The van der Waals surface area contributed by atoms with Crippen LogP contribution in [-0.2, 0) is 9.53 Å². The minimum absolute atomic E-state index is 0.0546. The number of hydrogen-bond acceptors (Lipinski definition) is 8. The monoisotopic (exact) mass is 538 g/mol. The molecule has 0 saturated carbocycles. The first kappa shape index (κ1) is 29.1. The molecule has 0 saturated heterocycles. The molecule has 0 aliphatic carbocycles. The van der Waals surface area contributed by atoms with Crippen LogP contribution in [-0.4, -0.2) is 50.5 Å². The minimum Gasteiger partial charge on any atom is -0.618 e. The van der Waals surface area contributed by atoms with E-state index in [9.17, 15) is 19.9 Å². The second-order valence-corrected chi connectivity index (χ2v) is 9.18. The second kappa shape index (κ2) is 12.4. The second-order valence-electron chi connectivity index (χ2n) is 9.18. The number of carbonyl (C=O) groups excluding carboxylic acids is 2. The number of esters is 1. The molecule has 3 rings (SSSR count). The van der Waals surface area contributed by atoms with Crippen molar-refractivity contribution in [2.45, 2.75) is 45.8 Å². The Labute approximate surface area is 227 Å². The lowest BCUT2D eigenvalue weighted by Gasteiger charge is -2.27. The van der Waals surface area contributed by atoms with Crippen LogP contribution in [0.3, 0.4) is 0 Å². The van der Waals surface area contributed by atoms with Gasteiger partial charge in [0.15, 0.2) is 11.9 Å². The Kier molecular flexibility index (Phi) is 9.24. The summed E-state index contributed by atoms with van der Waals surface area (Å²) in [5.74, 6) is -1.38. The van der Waals surface area contributed by atoms with E-state index < -0.39 is 41.4 Å². The van der Waals surface area contributed by atoms with E-state index in [-0.39, 0.29) is 10.5 Å². The Morgan fingerprint density at radius 3 is 1.87 bits per heavy atom. The fourth-order valence-corrected chi connectivity index (χ4v) is 4.35. The summed E-state index contributed by atoms with van der Waals surface area (Å²) in [6.07, 6.45) is 0.348. The molecule has 2 aromatic carbocycles. The molecule has 1 heterocycles. The van der Waals surface area contributed by atoms with Gasteiger partial charge in [-0.1, -0.05) is 24.3 Å². The first-order chi connectivity index (χ1) is 18.5. The van der Waals surface area contributed by atoms with Crippen LogP contribution in [0.25, 0.3) is 0 Å². The lowest BCUT2D eigenvalue weighted by Crippen LogP contribution is -2.46. The van der Waals surface area contributed by atoms with Gasteiger partial charge < -0.3 is 34.6 Å². The third-order valence-corrected chi connectivity index (χ3v) is 6.53. The molecular weight excluding hydrogens is 504 g/mol. The number of aryl methyl sites for hydroxylation is 2. The number of amides is 1. The average Bonchev–Trinajstić information content (AvgIpc) is 2.90. The maximum Gasteiger partial charge on any atom is 0.328 e. The summed E-state index contributed by atoms with van der Waals surface area (Å²) in [6, 6.07) is 11.7. The Balaban J connectivity index is 1.88. The van der Waals surface area contributed by atoms with Crippen LogP contribution in [0.15, 0.2) is 48.7 Å². The van der Waals surface area contributed by atoms with Crippen molar-refractivity contribution in [2.24, 2.45) is 0 Å². The van der Waals surface area contributed by atoms with Crippen molar-refractivity contribution in [3.8, 4) is 23.0 Å². The number of rotatable bonds is 10. The highest BCUT2D eigenvalue weighted by Crippen LogP contribution is 2.35. The summed E-state index contributed by atoms with van der Waals surface area (Å²) < 4.78 is 22.0. The standard InChI is InChI=1S/C29H34N2O8/c1-16-8-10-20(14-23(16)37-6)25(21-11-9-17(2)24(15-21)38-7)19(4)39-29(34)18(3)30-28(33)26-27(32)22(36-5)12-13-31(26)35/h8-15,18-19,25,32H,1-7H3,(H,30,33)/t18-,19-/m0/s1. The molecule has 0 aliphatic rings. The number of nitrogens with one attached hydrogen (secondary N) is 1. The number of hydrogen-bond donors (Lipinski definition) is 2. The lowest BCUT2D eigenvalue weighted by atomic mass is 9.86. The highest BCUT2D eigenvalue weighted by atomic mass is 16.5. The van der Waals surface area contributed by atoms with Gasteiger partial charge in [-0.3, -0.25) is 4.79 Å². The zero-order valence-corrected chi connectivity index (χ0v) is 23.1.